The molecule has 0 aromatic heterocycles. The van der Waals surface area contributed by atoms with Crippen LogP contribution < -0.4 is 4.74 Å². The van der Waals surface area contributed by atoms with Crippen molar-refractivity contribution in [2.45, 2.75) is 19.7 Å². The molecule has 132 valence electrons. The number of halogens is 3. The predicted octanol–water partition coefficient (Wildman–Crippen LogP) is 4.27. The van der Waals surface area contributed by atoms with Crippen molar-refractivity contribution in [2.75, 3.05) is 7.11 Å². The van der Waals surface area contributed by atoms with Crippen LogP contribution in [0, 0.1) is 0 Å². The maximum Gasteiger partial charge on any atom is 0.418 e. The van der Waals surface area contributed by atoms with Gasteiger partial charge < -0.3 is 9.47 Å². The van der Waals surface area contributed by atoms with Crippen LogP contribution in [0.2, 0.25) is 0 Å². The number of rotatable bonds is 5. The molecular formula is C18H15F3O4. The van der Waals surface area contributed by atoms with Crippen molar-refractivity contribution >= 4 is 11.8 Å². The van der Waals surface area contributed by atoms with Crippen LogP contribution in [-0.2, 0) is 17.5 Å². The molecule has 0 heterocycles. The highest BCUT2D eigenvalue weighted by molar-refractivity contribution is 6.02. The molecule has 0 amide bonds. The molecule has 0 spiro atoms. The van der Waals surface area contributed by atoms with E-state index in [4.69, 9.17) is 4.74 Å². The number of benzene rings is 2. The number of hydrogen-bond donors (Lipinski definition) is 0. The first kappa shape index (κ1) is 18.5. The number of carbonyl (C=O) groups is 2. The Morgan fingerprint density at radius 1 is 1.04 bits per heavy atom. The summed E-state index contributed by atoms with van der Waals surface area (Å²) >= 11 is 0. The van der Waals surface area contributed by atoms with Gasteiger partial charge in [-0.3, -0.25) is 4.79 Å². The Hall–Kier alpha value is -2.83. The van der Waals surface area contributed by atoms with E-state index in [1.54, 1.807) is 30.3 Å². The van der Waals surface area contributed by atoms with Crippen LogP contribution in [0.5, 0.6) is 5.75 Å². The fourth-order valence-corrected chi connectivity index (χ4v) is 2.33. The van der Waals surface area contributed by atoms with Crippen LogP contribution in [0.15, 0.2) is 42.5 Å². The molecule has 7 heteroatoms. The zero-order valence-electron chi connectivity index (χ0n) is 13.5. The molecule has 2 aromatic carbocycles. The Kier molecular flexibility index (Phi) is 5.46. The summed E-state index contributed by atoms with van der Waals surface area (Å²) in [6.45, 7) is 0.956. The van der Waals surface area contributed by atoms with Gasteiger partial charge in [0.05, 0.1) is 12.7 Å². The SMILES string of the molecule is COC(=O)c1c(OCc2ccccc2)ccc(C(C)=O)c1C(F)(F)F. The molecule has 2 rings (SSSR count). The van der Waals surface area contributed by atoms with Gasteiger partial charge in [-0.2, -0.15) is 13.2 Å². The Balaban J connectivity index is 2.56. The third-order valence-corrected chi connectivity index (χ3v) is 3.46. The van der Waals surface area contributed by atoms with Crippen LogP contribution in [-0.4, -0.2) is 18.9 Å². The largest absolute Gasteiger partial charge is 0.488 e. The maximum absolute atomic E-state index is 13.5. The van der Waals surface area contributed by atoms with Gasteiger partial charge in [-0.15, -0.1) is 0 Å². The highest BCUT2D eigenvalue weighted by Crippen LogP contribution is 2.39. The third kappa shape index (κ3) is 4.17. The van der Waals surface area contributed by atoms with E-state index in [1.165, 1.54) is 6.07 Å². The topological polar surface area (TPSA) is 52.6 Å². The number of ketones is 1. The first-order valence-corrected chi connectivity index (χ1v) is 7.26. The van der Waals surface area contributed by atoms with Crippen molar-refractivity contribution in [1.29, 1.82) is 0 Å². The smallest absolute Gasteiger partial charge is 0.418 e. The van der Waals surface area contributed by atoms with Crippen molar-refractivity contribution < 1.29 is 32.2 Å². The summed E-state index contributed by atoms with van der Waals surface area (Å²) in [4.78, 5) is 23.5. The third-order valence-electron chi connectivity index (χ3n) is 3.46. The van der Waals surface area contributed by atoms with Gasteiger partial charge in [0, 0.05) is 5.56 Å². The lowest BCUT2D eigenvalue weighted by Crippen LogP contribution is -2.20. The summed E-state index contributed by atoms with van der Waals surface area (Å²) in [5, 5.41) is 0. The average molecular weight is 352 g/mol. The molecule has 0 N–H and O–H groups in total. The molecule has 0 aliphatic heterocycles. The van der Waals surface area contributed by atoms with E-state index in [-0.39, 0.29) is 12.4 Å². The number of hydrogen-bond acceptors (Lipinski definition) is 4. The van der Waals surface area contributed by atoms with Crippen LogP contribution in [0.25, 0.3) is 0 Å². The van der Waals surface area contributed by atoms with E-state index >= 15 is 0 Å². The zero-order valence-corrected chi connectivity index (χ0v) is 13.5. The molecule has 0 atom stereocenters. The summed E-state index contributed by atoms with van der Waals surface area (Å²) in [6, 6.07) is 10.9. The monoisotopic (exact) mass is 352 g/mol. The van der Waals surface area contributed by atoms with E-state index in [0.717, 1.165) is 20.1 Å². The van der Waals surface area contributed by atoms with Crippen LogP contribution in [0.4, 0.5) is 13.2 Å². The molecule has 4 nitrogen and oxygen atoms in total. The second-order valence-electron chi connectivity index (χ2n) is 5.18. The zero-order chi connectivity index (χ0) is 18.6. The van der Waals surface area contributed by atoms with Crippen molar-refractivity contribution in [2.24, 2.45) is 0 Å². The fraction of sp³-hybridized carbons (Fsp3) is 0.222. The van der Waals surface area contributed by atoms with Gasteiger partial charge in [-0.25, -0.2) is 4.79 Å². The Morgan fingerprint density at radius 3 is 2.20 bits per heavy atom. The molecule has 0 saturated carbocycles. The minimum atomic E-state index is -4.92. The van der Waals surface area contributed by atoms with E-state index < -0.39 is 34.6 Å². The van der Waals surface area contributed by atoms with E-state index in [2.05, 4.69) is 4.74 Å². The Labute approximate surface area is 142 Å². The van der Waals surface area contributed by atoms with Gasteiger partial charge >= 0.3 is 12.1 Å². The first-order chi connectivity index (χ1) is 11.8. The number of Topliss-reactive ketones (excluding diaryl/α,β-unsaturated/α-hetero) is 1. The van der Waals surface area contributed by atoms with Crippen molar-refractivity contribution in [3.8, 4) is 5.75 Å². The summed E-state index contributed by atoms with van der Waals surface area (Å²) in [5.41, 5.74) is -2.06. The lowest BCUT2D eigenvalue weighted by atomic mass is 9.97. The molecule has 0 bridgehead atoms. The minimum absolute atomic E-state index is 0.0401. The highest BCUT2D eigenvalue weighted by Gasteiger charge is 2.41. The van der Waals surface area contributed by atoms with Crippen molar-refractivity contribution in [3.05, 3.63) is 64.7 Å². The van der Waals surface area contributed by atoms with Gasteiger partial charge in [0.25, 0.3) is 0 Å². The standard InChI is InChI=1S/C18H15F3O4/c1-11(22)13-8-9-14(25-10-12-6-4-3-5-7-12)15(17(23)24-2)16(13)18(19,20)21/h3-9H,10H2,1-2H3. The minimum Gasteiger partial charge on any atom is -0.488 e. The number of alkyl halides is 3. The summed E-state index contributed by atoms with van der Waals surface area (Å²) < 4.78 is 50.4. The first-order valence-electron chi connectivity index (χ1n) is 7.26. The molecule has 2 aromatic rings. The molecular weight excluding hydrogens is 337 g/mol. The van der Waals surface area contributed by atoms with Gasteiger partial charge in [0.2, 0.25) is 0 Å². The number of methoxy groups -OCH3 is 1. The molecule has 0 saturated heterocycles. The molecule has 25 heavy (non-hydrogen) atoms. The summed E-state index contributed by atoms with van der Waals surface area (Å²) in [6.07, 6.45) is -4.92. The normalized spacial score (nSPS) is 11.1. The second kappa shape index (κ2) is 7.38. The van der Waals surface area contributed by atoms with Crippen LogP contribution >= 0.6 is 0 Å². The van der Waals surface area contributed by atoms with E-state index in [0.29, 0.717) is 5.56 Å². The van der Waals surface area contributed by atoms with Gasteiger partial charge in [0.1, 0.15) is 17.9 Å². The van der Waals surface area contributed by atoms with E-state index in [9.17, 15) is 22.8 Å². The predicted molar refractivity (Wildman–Crippen MR) is 83.6 cm³/mol. The number of carbonyl (C=O) groups excluding carboxylic acids is 2. The van der Waals surface area contributed by atoms with Crippen LogP contribution in [0.1, 0.15) is 38.8 Å². The lowest BCUT2D eigenvalue weighted by molar-refractivity contribution is -0.138. The molecule has 0 aliphatic rings. The quantitative estimate of drug-likeness (QED) is 0.596. The van der Waals surface area contributed by atoms with Gasteiger partial charge in [-0.1, -0.05) is 30.3 Å². The van der Waals surface area contributed by atoms with Gasteiger partial charge in [-0.05, 0) is 24.6 Å². The summed E-state index contributed by atoms with van der Waals surface area (Å²) in [5.74, 6) is -2.33. The number of esters is 1. The van der Waals surface area contributed by atoms with Crippen LogP contribution in [0.3, 0.4) is 0 Å². The average Bonchev–Trinajstić information content (AvgIpc) is 2.58. The van der Waals surface area contributed by atoms with Crippen molar-refractivity contribution in [1.82, 2.24) is 0 Å². The summed E-state index contributed by atoms with van der Waals surface area (Å²) in [7, 11) is 0.962. The van der Waals surface area contributed by atoms with Gasteiger partial charge in [0.15, 0.2) is 5.78 Å². The Bertz CT molecular complexity index is 783. The van der Waals surface area contributed by atoms with Crippen molar-refractivity contribution in [3.63, 3.8) is 0 Å². The number of ether oxygens (including phenoxy) is 2. The lowest BCUT2D eigenvalue weighted by Gasteiger charge is -2.18. The highest BCUT2D eigenvalue weighted by atomic mass is 19.4. The molecule has 0 radical (unpaired) electrons. The fourth-order valence-electron chi connectivity index (χ4n) is 2.33. The molecule has 0 fully saturated rings. The van der Waals surface area contributed by atoms with E-state index in [1.807, 2.05) is 0 Å². The molecule has 0 unspecified atom stereocenters. The Morgan fingerprint density at radius 2 is 1.68 bits per heavy atom. The molecule has 0 aliphatic carbocycles. The maximum atomic E-state index is 13.5. The second-order valence-corrected chi connectivity index (χ2v) is 5.18.